The Kier molecular flexibility index (Phi) is 8.07. The first kappa shape index (κ1) is 24.7. The van der Waals surface area contributed by atoms with Crippen LogP contribution in [-0.2, 0) is 21.4 Å². The van der Waals surface area contributed by atoms with Crippen LogP contribution in [0.1, 0.15) is 25.3 Å². The molecule has 1 N–H and O–H groups in total. The van der Waals surface area contributed by atoms with E-state index in [1.807, 2.05) is 12.1 Å². The molecular formula is C24H33N3O5S. The number of hydrogen-bond donors (Lipinski definition) is 1. The SMILES string of the molecule is COc1ccc(OC)c(N(CC(=O)NCc2ccc(N3CCCC(C)C3)cc2)S(C)(=O)=O)c1. The Morgan fingerprint density at radius 2 is 1.88 bits per heavy atom. The largest absolute Gasteiger partial charge is 0.497 e. The Balaban J connectivity index is 1.66. The average Bonchev–Trinajstić information content (AvgIpc) is 2.80. The fourth-order valence-corrected chi connectivity index (χ4v) is 4.86. The summed E-state index contributed by atoms with van der Waals surface area (Å²) in [7, 11) is -0.814. The van der Waals surface area contributed by atoms with Crippen LogP contribution in [0.2, 0.25) is 0 Å². The van der Waals surface area contributed by atoms with E-state index in [2.05, 4.69) is 29.3 Å². The van der Waals surface area contributed by atoms with E-state index in [0.29, 0.717) is 24.0 Å². The van der Waals surface area contributed by atoms with E-state index >= 15 is 0 Å². The van der Waals surface area contributed by atoms with E-state index in [4.69, 9.17) is 9.47 Å². The van der Waals surface area contributed by atoms with Gasteiger partial charge in [-0.1, -0.05) is 19.1 Å². The van der Waals surface area contributed by atoms with Crippen LogP contribution in [0.3, 0.4) is 0 Å². The second-order valence-corrected chi connectivity index (χ2v) is 10.4. The number of methoxy groups -OCH3 is 2. The zero-order chi connectivity index (χ0) is 24.0. The van der Waals surface area contributed by atoms with Gasteiger partial charge in [0.1, 0.15) is 18.0 Å². The molecule has 0 bridgehead atoms. The lowest BCUT2D eigenvalue weighted by atomic mass is 9.99. The van der Waals surface area contributed by atoms with Gasteiger partial charge in [-0.2, -0.15) is 0 Å². The summed E-state index contributed by atoms with van der Waals surface area (Å²) >= 11 is 0. The highest BCUT2D eigenvalue weighted by Gasteiger charge is 2.24. The Bertz CT molecular complexity index is 1060. The molecule has 1 aliphatic rings. The van der Waals surface area contributed by atoms with Gasteiger partial charge in [-0.3, -0.25) is 9.10 Å². The third-order valence-electron chi connectivity index (χ3n) is 5.79. The van der Waals surface area contributed by atoms with Gasteiger partial charge in [-0.15, -0.1) is 0 Å². The molecule has 1 amide bonds. The van der Waals surface area contributed by atoms with Crippen LogP contribution in [0.5, 0.6) is 11.5 Å². The number of amides is 1. The Morgan fingerprint density at radius 1 is 1.15 bits per heavy atom. The van der Waals surface area contributed by atoms with E-state index in [0.717, 1.165) is 29.2 Å². The zero-order valence-corrected chi connectivity index (χ0v) is 20.5. The summed E-state index contributed by atoms with van der Waals surface area (Å²) in [6, 6.07) is 12.9. The zero-order valence-electron chi connectivity index (χ0n) is 19.7. The number of carbonyl (C=O) groups excluding carboxylic acids is 1. The third-order valence-corrected chi connectivity index (χ3v) is 6.92. The van der Waals surface area contributed by atoms with E-state index in [1.165, 1.54) is 38.8 Å². The molecule has 9 heteroatoms. The standard InChI is InChI=1S/C24H33N3O5S/c1-18-6-5-13-26(16-18)20-9-7-19(8-10-20)15-25-24(28)17-27(33(4,29)30)22-14-21(31-2)11-12-23(22)32-3/h7-12,14,18H,5-6,13,15-17H2,1-4H3,(H,25,28). The topological polar surface area (TPSA) is 88.2 Å². The molecule has 180 valence electrons. The number of nitrogens with zero attached hydrogens (tertiary/aromatic N) is 2. The second-order valence-electron chi connectivity index (χ2n) is 8.44. The highest BCUT2D eigenvalue weighted by molar-refractivity contribution is 7.92. The van der Waals surface area contributed by atoms with Crippen LogP contribution in [0.4, 0.5) is 11.4 Å². The lowest BCUT2D eigenvalue weighted by Gasteiger charge is -2.32. The van der Waals surface area contributed by atoms with Crippen molar-refractivity contribution in [1.29, 1.82) is 0 Å². The van der Waals surface area contributed by atoms with Crippen molar-refractivity contribution in [2.24, 2.45) is 5.92 Å². The number of benzene rings is 2. The van der Waals surface area contributed by atoms with Crippen LogP contribution in [-0.4, -0.2) is 54.4 Å². The average molecular weight is 476 g/mol. The molecule has 2 aromatic rings. The van der Waals surface area contributed by atoms with Crippen molar-refractivity contribution in [3.8, 4) is 11.5 Å². The van der Waals surface area contributed by atoms with Gasteiger partial charge in [-0.05, 0) is 48.6 Å². The summed E-state index contributed by atoms with van der Waals surface area (Å²) in [5.74, 6) is 1.07. The molecule has 1 unspecified atom stereocenters. The molecule has 0 aromatic heterocycles. The van der Waals surface area contributed by atoms with E-state index in [1.54, 1.807) is 12.1 Å². The smallest absolute Gasteiger partial charge is 0.241 e. The van der Waals surface area contributed by atoms with Gasteiger partial charge in [0, 0.05) is 31.4 Å². The molecule has 2 aromatic carbocycles. The first-order valence-corrected chi connectivity index (χ1v) is 12.9. The summed E-state index contributed by atoms with van der Waals surface area (Å²) in [4.78, 5) is 15.0. The van der Waals surface area contributed by atoms with E-state index in [9.17, 15) is 13.2 Å². The van der Waals surface area contributed by atoms with Gasteiger partial charge in [0.15, 0.2) is 0 Å². The summed E-state index contributed by atoms with van der Waals surface area (Å²) in [5, 5.41) is 2.81. The fraction of sp³-hybridized carbons (Fsp3) is 0.458. The lowest BCUT2D eigenvalue weighted by molar-refractivity contribution is -0.119. The first-order valence-electron chi connectivity index (χ1n) is 11.0. The second kappa shape index (κ2) is 10.8. The molecule has 0 saturated carbocycles. The number of carbonyl (C=O) groups is 1. The van der Waals surface area contributed by atoms with Crippen molar-refractivity contribution in [3.63, 3.8) is 0 Å². The van der Waals surface area contributed by atoms with Gasteiger partial charge in [0.2, 0.25) is 15.9 Å². The highest BCUT2D eigenvalue weighted by atomic mass is 32.2. The molecule has 0 spiro atoms. The van der Waals surface area contributed by atoms with Crippen LogP contribution in [0.25, 0.3) is 0 Å². The molecular weight excluding hydrogens is 442 g/mol. The van der Waals surface area contributed by atoms with Crippen molar-refractivity contribution in [2.75, 3.05) is 49.3 Å². The third kappa shape index (κ3) is 6.54. The maximum absolute atomic E-state index is 12.7. The van der Waals surface area contributed by atoms with Crippen molar-refractivity contribution in [3.05, 3.63) is 48.0 Å². The summed E-state index contributed by atoms with van der Waals surface area (Å²) in [6.45, 7) is 4.34. The number of sulfonamides is 1. The predicted molar refractivity (Wildman–Crippen MR) is 131 cm³/mol. The molecule has 1 heterocycles. The van der Waals surface area contributed by atoms with Crippen LogP contribution in [0.15, 0.2) is 42.5 Å². The number of nitrogens with one attached hydrogen (secondary N) is 1. The summed E-state index contributed by atoms with van der Waals surface area (Å²) < 4.78 is 36.5. The van der Waals surface area contributed by atoms with Gasteiger partial charge >= 0.3 is 0 Å². The monoisotopic (exact) mass is 475 g/mol. The van der Waals surface area contributed by atoms with Gasteiger partial charge in [0.05, 0.1) is 26.2 Å². The minimum atomic E-state index is -3.74. The Morgan fingerprint density at radius 3 is 2.48 bits per heavy atom. The minimum Gasteiger partial charge on any atom is -0.497 e. The van der Waals surface area contributed by atoms with Crippen molar-refractivity contribution >= 4 is 27.3 Å². The van der Waals surface area contributed by atoms with Crippen molar-refractivity contribution in [1.82, 2.24) is 5.32 Å². The quantitative estimate of drug-likeness (QED) is 0.600. The van der Waals surface area contributed by atoms with Crippen molar-refractivity contribution in [2.45, 2.75) is 26.3 Å². The maximum atomic E-state index is 12.7. The molecule has 3 rings (SSSR count). The molecule has 1 fully saturated rings. The summed E-state index contributed by atoms with van der Waals surface area (Å²) in [5.41, 5.74) is 2.38. The first-order chi connectivity index (χ1) is 15.7. The molecule has 0 aliphatic carbocycles. The van der Waals surface area contributed by atoms with Crippen LogP contribution < -0.4 is 24.0 Å². The maximum Gasteiger partial charge on any atom is 0.241 e. The number of piperidine rings is 1. The van der Waals surface area contributed by atoms with Crippen LogP contribution in [0, 0.1) is 5.92 Å². The number of ether oxygens (including phenoxy) is 2. The van der Waals surface area contributed by atoms with E-state index < -0.39 is 15.9 Å². The molecule has 33 heavy (non-hydrogen) atoms. The van der Waals surface area contributed by atoms with Gasteiger partial charge in [0.25, 0.3) is 0 Å². The Hall–Kier alpha value is -2.94. The molecule has 1 aliphatic heterocycles. The summed E-state index contributed by atoms with van der Waals surface area (Å²) in [6.07, 6.45) is 3.53. The minimum absolute atomic E-state index is 0.245. The molecule has 8 nitrogen and oxygen atoms in total. The van der Waals surface area contributed by atoms with Gasteiger partial charge in [-0.25, -0.2) is 8.42 Å². The molecule has 1 atom stereocenters. The molecule has 1 saturated heterocycles. The Labute approximate surface area is 196 Å². The predicted octanol–water partition coefficient (Wildman–Crippen LogP) is 3.02. The fourth-order valence-electron chi connectivity index (χ4n) is 4.01. The highest BCUT2D eigenvalue weighted by Crippen LogP contribution is 2.33. The number of anilines is 2. The van der Waals surface area contributed by atoms with Gasteiger partial charge < -0.3 is 19.7 Å². The number of rotatable bonds is 9. The van der Waals surface area contributed by atoms with Crippen molar-refractivity contribution < 1.29 is 22.7 Å². The molecule has 0 radical (unpaired) electrons. The van der Waals surface area contributed by atoms with E-state index in [-0.39, 0.29) is 12.2 Å². The number of hydrogen-bond acceptors (Lipinski definition) is 6. The normalized spacial score (nSPS) is 16.2. The lowest BCUT2D eigenvalue weighted by Crippen LogP contribution is -2.40. The van der Waals surface area contributed by atoms with Crippen LogP contribution >= 0.6 is 0 Å².